The highest BCUT2D eigenvalue weighted by atomic mass is 16.1. The average Bonchev–Trinajstić information content (AvgIpc) is 2.66. The molecule has 0 aromatic heterocycles. The van der Waals surface area contributed by atoms with Crippen LogP contribution in [0.5, 0.6) is 0 Å². The van der Waals surface area contributed by atoms with Crippen LogP contribution in [0.1, 0.15) is 70.6 Å². The van der Waals surface area contributed by atoms with E-state index in [2.05, 4.69) is 0 Å². The predicted molar refractivity (Wildman–Crippen MR) is 76.7 cm³/mol. The van der Waals surface area contributed by atoms with Gasteiger partial charge in [-0.3, -0.25) is 4.79 Å². The van der Waals surface area contributed by atoms with Crippen LogP contribution >= 0.6 is 0 Å². The van der Waals surface area contributed by atoms with Crippen LogP contribution in [0.25, 0.3) is 0 Å². The zero-order valence-electron chi connectivity index (χ0n) is 12.2. The van der Waals surface area contributed by atoms with Crippen molar-refractivity contribution in [1.29, 1.82) is 0 Å². The molecule has 1 heteroatoms. The summed E-state index contributed by atoms with van der Waals surface area (Å²) >= 11 is 0. The first kappa shape index (κ1) is 12.4. The van der Waals surface area contributed by atoms with E-state index in [4.69, 9.17) is 0 Å². The van der Waals surface area contributed by atoms with Crippen molar-refractivity contribution in [3.05, 3.63) is 0 Å². The van der Waals surface area contributed by atoms with Gasteiger partial charge in [-0.1, -0.05) is 25.7 Å². The number of carbonyl (C=O) groups excluding carboxylic acids is 1. The third-order valence-corrected chi connectivity index (χ3v) is 6.81. The molecular formula is C18H28O. The quantitative estimate of drug-likeness (QED) is 0.663. The Morgan fingerprint density at radius 1 is 0.684 bits per heavy atom. The molecule has 0 amide bonds. The minimum Gasteiger partial charge on any atom is -0.299 e. The van der Waals surface area contributed by atoms with Gasteiger partial charge in [0.1, 0.15) is 5.78 Å². The SMILES string of the molecule is O=C(C1CCCCCC1)C1C2CC3CC(C2)CC1C3. The van der Waals surface area contributed by atoms with Crippen molar-refractivity contribution < 1.29 is 4.79 Å². The zero-order chi connectivity index (χ0) is 12.8. The van der Waals surface area contributed by atoms with Crippen molar-refractivity contribution >= 4 is 5.78 Å². The first-order chi connectivity index (χ1) is 9.31. The lowest BCUT2D eigenvalue weighted by Crippen LogP contribution is -2.49. The molecule has 5 fully saturated rings. The van der Waals surface area contributed by atoms with Crippen molar-refractivity contribution in [2.45, 2.75) is 70.6 Å². The number of rotatable bonds is 2. The molecule has 0 aromatic carbocycles. The molecule has 0 radical (unpaired) electrons. The lowest BCUT2D eigenvalue weighted by molar-refractivity contribution is -0.140. The number of hydrogen-bond acceptors (Lipinski definition) is 1. The van der Waals surface area contributed by atoms with Crippen molar-refractivity contribution in [3.8, 4) is 0 Å². The Morgan fingerprint density at radius 2 is 1.21 bits per heavy atom. The summed E-state index contributed by atoms with van der Waals surface area (Å²) in [5.41, 5.74) is 0. The largest absolute Gasteiger partial charge is 0.299 e. The fraction of sp³-hybridized carbons (Fsp3) is 0.944. The van der Waals surface area contributed by atoms with Crippen LogP contribution in [0.2, 0.25) is 0 Å². The number of Topliss-reactive ketones (excluding diaryl/α,β-unsaturated/α-hetero) is 1. The van der Waals surface area contributed by atoms with Crippen molar-refractivity contribution in [2.24, 2.45) is 35.5 Å². The highest BCUT2D eigenvalue weighted by Crippen LogP contribution is 2.57. The Morgan fingerprint density at radius 3 is 1.74 bits per heavy atom. The number of hydrogen-bond donors (Lipinski definition) is 0. The summed E-state index contributed by atoms with van der Waals surface area (Å²) < 4.78 is 0. The molecule has 4 bridgehead atoms. The highest BCUT2D eigenvalue weighted by Gasteiger charge is 2.51. The van der Waals surface area contributed by atoms with Gasteiger partial charge < -0.3 is 0 Å². The topological polar surface area (TPSA) is 17.1 Å². The molecule has 0 N–H and O–H groups in total. The van der Waals surface area contributed by atoms with Crippen molar-refractivity contribution in [1.82, 2.24) is 0 Å². The summed E-state index contributed by atoms with van der Waals surface area (Å²) in [6.07, 6.45) is 14.9. The van der Waals surface area contributed by atoms with Gasteiger partial charge in [-0.15, -0.1) is 0 Å². The van der Waals surface area contributed by atoms with Gasteiger partial charge in [0.2, 0.25) is 0 Å². The van der Waals surface area contributed by atoms with Crippen molar-refractivity contribution in [3.63, 3.8) is 0 Å². The van der Waals surface area contributed by atoms with Crippen LogP contribution in [0.3, 0.4) is 0 Å². The van der Waals surface area contributed by atoms with E-state index in [1.54, 1.807) is 0 Å². The summed E-state index contributed by atoms with van der Waals surface area (Å²) in [4.78, 5) is 13.0. The number of ketones is 1. The molecule has 0 saturated heterocycles. The standard InChI is InChI=1S/C18H28O/c19-18(14-5-3-1-2-4-6-14)17-15-8-12-7-13(10-15)11-16(17)9-12/h12-17H,1-11H2. The third-order valence-electron chi connectivity index (χ3n) is 6.81. The molecule has 0 unspecified atom stereocenters. The van der Waals surface area contributed by atoms with E-state index in [1.807, 2.05) is 0 Å². The third kappa shape index (κ3) is 2.17. The first-order valence-electron chi connectivity index (χ1n) is 8.85. The first-order valence-corrected chi connectivity index (χ1v) is 8.85. The summed E-state index contributed by atoms with van der Waals surface area (Å²) in [6.45, 7) is 0. The Labute approximate surface area is 117 Å². The monoisotopic (exact) mass is 260 g/mol. The second-order valence-electron chi connectivity index (χ2n) is 8.05. The molecule has 0 aliphatic heterocycles. The van der Waals surface area contributed by atoms with Gasteiger partial charge in [0.15, 0.2) is 0 Å². The lowest BCUT2D eigenvalue weighted by atomic mass is 9.50. The maximum atomic E-state index is 13.0. The normalized spacial score (nSPS) is 46.2. The van der Waals surface area contributed by atoms with E-state index in [9.17, 15) is 4.79 Å². The average molecular weight is 260 g/mol. The molecule has 5 aliphatic carbocycles. The second-order valence-corrected chi connectivity index (χ2v) is 8.05. The molecular weight excluding hydrogens is 232 g/mol. The second kappa shape index (κ2) is 4.90. The van der Waals surface area contributed by atoms with E-state index in [-0.39, 0.29) is 0 Å². The Kier molecular flexibility index (Phi) is 3.20. The van der Waals surface area contributed by atoms with Crippen LogP contribution < -0.4 is 0 Å². The summed E-state index contributed by atoms with van der Waals surface area (Å²) in [7, 11) is 0. The number of carbonyl (C=O) groups is 1. The molecule has 19 heavy (non-hydrogen) atoms. The molecule has 0 heterocycles. The molecule has 106 valence electrons. The molecule has 5 rings (SSSR count). The predicted octanol–water partition coefficient (Wildman–Crippen LogP) is 4.60. The summed E-state index contributed by atoms with van der Waals surface area (Å²) in [6, 6.07) is 0. The van der Waals surface area contributed by atoms with Gasteiger partial charge in [0.05, 0.1) is 0 Å². The van der Waals surface area contributed by atoms with E-state index in [0.29, 0.717) is 11.8 Å². The Balaban J connectivity index is 1.50. The van der Waals surface area contributed by atoms with Gasteiger partial charge in [-0.25, -0.2) is 0 Å². The smallest absolute Gasteiger partial charge is 0.139 e. The molecule has 0 spiro atoms. The van der Waals surface area contributed by atoms with Gasteiger partial charge in [-0.05, 0) is 68.6 Å². The van der Waals surface area contributed by atoms with Gasteiger partial charge in [0.25, 0.3) is 0 Å². The maximum absolute atomic E-state index is 13.0. The van der Waals surface area contributed by atoms with Gasteiger partial charge in [-0.2, -0.15) is 0 Å². The lowest BCUT2D eigenvalue weighted by Gasteiger charge is -2.54. The maximum Gasteiger partial charge on any atom is 0.139 e. The van der Waals surface area contributed by atoms with Crippen molar-refractivity contribution in [2.75, 3.05) is 0 Å². The fourth-order valence-corrected chi connectivity index (χ4v) is 6.23. The van der Waals surface area contributed by atoms with E-state index in [0.717, 1.165) is 29.5 Å². The van der Waals surface area contributed by atoms with E-state index < -0.39 is 0 Å². The van der Waals surface area contributed by atoms with E-state index in [1.165, 1.54) is 70.6 Å². The minimum atomic E-state index is 0.449. The van der Waals surface area contributed by atoms with Crippen LogP contribution in [0, 0.1) is 35.5 Å². The summed E-state index contributed by atoms with van der Waals surface area (Å²) in [5.74, 6) is 5.26. The van der Waals surface area contributed by atoms with Gasteiger partial charge >= 0.3 is 0 Å². The van der Waals surface area contributed by atoms with Crippen LogP contribution in [-0.2, 0) is 4.79 Å². The Hall–Kier alpha value is -0.330. The fourth-order valence-electron chi connectivity index (χ4n) is 6.23. The van der Waals surface area contributed by atoms with Gasteiger partial charge in [0, 0.05) is 11.8 Å². The molecule has 0 atom stereocenters. The zero-order valence-corrected chi connectivity index (χ0v) is 12.2. The Bertz CT molecular complexity index is 323. The molecule has 5 aliphatic rings. The van der Waals surface area contributed by atoms with E-state index >= 15 is 0 Å². The minimum absolute atomic E-state index is 0.449. The summed E-state index contributed by atoms with van der Waals surface area (Å²) in [5, 5.41) is 0. The van der Waals surface area contributed by atoms with Crippen LogP contribution in [0.4, 0.5) is 0 Å². The van der Waals surface area contributed by atoms with Crippen LogP contribution in [0.15, 0.2) is 0 Å². The molecule has 0 aromatic rings. The highest BCUT2D eigenvalue weighted by molar-refractivity contribution is 5.84. The molecule has 5 saturated carbocycles. The van der Waals surface area contributed by atoms with Crippen LogP contribution in [-0.4, -0.2) is 5.78 Å². The molecule has 1 nitrogen and oxygen atoms in total.